The summed E-state index contributed by atoms with van der Waals surface area (Å²) in [5.74, 6) is 0.225. The second-order valence-corrected chi connectivity index (χ2v) is 5.00. The summed E-state index contributed by atoms with van der Waals surface area (Å²) >= 11 is 0. The number of nitrogens with one attached hydrogen (secondary N) is 2. The zero-order valence-electron chi connectivity index (χ0n) is 12.6. The summed E-state index contributed by atoms with van der Waals surface area (Å²) in [5, 5.41) is 9.11. The molecule has 0 unspecified atom stereocenters. The molecule has 3 rings (SSSR count). The fourth-order valence-corrected chi connectivity index (χ4v) is 2.08. The lowest BCUT2D eigenvalue weighted by molar-refractivity contribution is 0.102. The van der Waals surface area contributed by atoms with Crippen LogP contribution in [-0.2, 0) is 0 Å². The minimum Gasteiger partial charge on any atom is -0.470 e. The van der Waals surface area contributed by atoms with E-state index in [0.29, 0.717) is 17.1 Å². The van der Waals surface area contributed by atoms with Gasteiger partial charge >= 0.3 is 0 Å². The molecule has 0 saturated carbocycles. The van der Waals surface area contributed by atoms with Gasteiger partial charge in [0.25, 0.3) is 5.91 Å². The molecule has 6 nitrogen and oxygen atoms in total. The molecular weight excluding hydrogens is 292 g/mol. The first-order valence-electron chi connectivity index (χ1n) is 7.20. The molecule has 6 heteroatoms. The molecule has 3 aromatic rings. The van der Waals surface area contributed by atoms with Crippen molar-refractivity contribution in [3.8, 4) is 5.88 Å². The van der Waals surface area contributed by atoms with Crippen molar-refractivity contribution in [1.82, 2.24) is 15.2 Å². The Hall–Kier alpha value is -3.15. The number of hydrogen-bond acceptors (Lipinski definition) is 4. The molecule has 0 aliphatic rings. The minimum atomic E-state index is -0.249. The van der Waals surface area contributed by atoms with E-state index in [1.165, 1.54) is 12.4 Å². The molecule has 0 fully saturated rings. The van der Waals surface area contributed by atoms with Gasteiger partial charge in [-0.1, -0.05) is 30.3 Å². The highest BCUT2D eigenvalue weighted by molar-refractivity contribution is 6.03. The Morgan fingerprint density at radius 3 is 2.65 bits per heavy atom. The summed E-state index contributed by atoms with van der Waals surface area (Å²) in [6.45, 7) is 1.95. The number of amides is 1. The minimum absolute atomic E-state index is 0.116. The molecule has 0 bridgehead atoms. The molecule has 2 N–H and O–H groups in total. The highest BCUT2D eigenvalue weighted by Gasteiger charge is 2.10. The maximum Gasteiger partial charge on any atom is 0.257 e. The van der Waals surface area contributed by atoms with Crippen LogP contribution in [0.1, 0.15) is 28.9 Å². The number of aromatic nitrogens is 3. The van der Waals surface area contributed by atoms with Gasteiger partial charge in [0, 0.05) is 18.5 Å². The van der Waals surface area contributed by atoms with E-state index in [9.17, 15) is 4.79 Å². The maximum absolute atomic E-state index is 12.0. The highest BCUT2D eigenvalue weighted by atomic mass is 16.5. The van der Waals surface area contributed by atoms with Crippen LogP contribution in [0.25, 0.3) is 0 Å². The Bertz CT molecular complexity index is 755. The second kappa shape index (κ2) is 6.74. The second-order valence-electron chi connectivity index (χ2n) is 5.00. The van der Waals surface area contributed by atoms with Gasteiger partial charge in [-0.2, -0.15) is 5.10 Å². The number of hydrogen-bond donors (Lipinski definition) is 2. The molecule has 0 aliphatic carbocycles. The fourth-order valence-electron chi connectivity index (χ4n) is 2.08. The van der Waals surface area contributed by atoms with Crippen LogP contribution < -0.4 is 10.1 Å². The van der Waals surface area contributed by atoms with E-state index in [2.05, 4.69) is 20.5 Å². The van der Waals surface area contributed by atoms with Crippen molar-refractivity contribution in [2.75, 3.05) is 5.32 Å². The van der Waals surface area contributed by atoms with Gasteiger partial charge in [0.2, 0.25) is 5.88 Å². The van der Waals surface area contributed by atoms with Crippen LogP contribution >= 0.6 is 0 Å². The van der Waals surface area contributed by atoms with E-state index < -0.39 is 0 Å². The first kappa shape index (κ1) is 14.8. The van der Waals surface area contributed by atoms with Crippen LogP contribution in [0.15, 0.2) is 61.1 Å². The summed E-state index contributed by atoms with van der Waals surface area (Å²) in [6, 6.07) is 13.2. The average Bonchev–Trinajstić information content (AvgIpc) is 3.09. The number of nitrogens with zero attached hydrogens (tertiary/aromatic N) is 2. The topological polar surface area (TPSA) is 79.9 Å². The zero-order valence-corrected chi connectivity index (χ0v) is 12.6. The molecule has 1 amide bonds. The molecule has 2 aromatic heterocycles. The zero-order chi connectivity index (χ0) is 16.1. The molecule has 2 heterocycles. The van der Waals surface area contributed by atoms with E-state index in [4.69, 9.17) is 4.74 Å². The number of anilines is 1. The number of benzene rings is 1. The lowest BCUT2D eigenvalue weighted by Crippen LogP contribution is -2.12. The fraction of sp³-hybridized carbons (Fsp3) is 0.118. The summed E-state index contributed by atoms with van der Waals surface area (Å²) in [5.41, 5.74) is 2.12. The summed E-state index contributed by atoms with van der Waals surface area (Å²) in [6.07, 6.45) is 4.51. The normalized spacial score (nSPS) is 11.7. The Labute approximate surface area is 133 Å². The molecule has 1 aromatic carbocycles. The third-order valence-electron chi connectivity index (χ3n) is 3.32. The summed E-state index contributed by atoms with van der Waals surface area (Å²) < 4.78 is 5.78. The standard InChI is InChI=1S/C17H16N4O2/c1-12(13-5-3-2-4-6-13)23-16-8-7-14(9-18-16)17(22)21-15-10-19-20-11-15/h2-12H,1H3,(H,19,20)(H,21,22)/t12-/m1/s1. The molecule has 23 heavy (non-hydrogen) atoms. The van der Waals surface area contributed by atoms with E-state index in [1.54, 1.807) is 18.3 Å². The summed E-state index contributed by atoms with van der Waals surface area (Å²) in [4.78, 5) is 16.2. The van der Waals surface area contributed by atoms with Crippen LogP contribution in [-0.4, -0.2) is 21.1 Å². The van der Waals surface area contributed by atoms with Crippen molar-refractivity contribution >= 4 is 11.6 Å². The van der Waals surface area contributed by atoms with Gasteiger partial charge in [-0.25, -0.2) is 4.98 Å². The van der Waals surface area contributed by atoms with E-state index in [0.717, 1.165) is 5.56 Å². The van der Waals surface area contributed by atoms with Gasteiger partial charge in [-0.15, -0.1) is 0 Å². The van der Waals surface area contributed by atoms with E-state index in [1.807, 2.05) is 37.3 Å². The number of pyridine rings is 1. The quantitative estimate of drug-likeness (QED) is 0.758. The number of carbonyl (C=O) groups excluding carboxylic acids is 1. The molecule has 0 radical (unpaired) electrons. The Morgan fingerprint density at radius 2 is 2.00 bits per heavy atom. The largest absolute Gasteiger partial charge is 0.470 e. The van der Waals surface area contributed by atoms with Crippen LogP contribution in [0.5, 0.6) is 5.88 Å². The van der Waals surface area contributed by atoms with Crippen LogP contribution in [0, 0.1) is 0 Å². The number of ether oxygens (including phenoxy) is 1. The average molecular weight is 308 g/mol. The monoisotopic (exact) mass is 308 g/mol. The third kappa shape index (κ3) is 3.74. The van der Waals surface area contributed by atoms with Crippen LogP contribution in [0.3, 0.4) is 0 Å². The number of rotatable bonds is 5. The van der Waals surface area contributed by atoms with Crippen LogP contribution in [0.2, 0.25) is 0 Å². The van der Waals surface area contributed by atoms with Crippen molar-refractivity contribution < 1.29 is 9.53 Å². The maximum atomic E-state index is 12.0. The number of carbonyl (C=O) groups is 1. The third-order valence-corrected chi connectivity index (χ3v) is 3.32. The Balaban J connectivity index is 1.64. The van der Waals surface area contributed by atoms with Crippen LogP contribution in [0.4, 0.5) is 5.69 Å². The molecule has 1 atom stereocenters. The van der Waals surface area contributed by atoms with Gasteiger partial charge in [0.1, 0.15) is 6.10 Å². The first-order valence-corrected chi connectivity index (χ1v) is 7.20. The van der Waals surface area contributed by atoms with Crippen molar-refractivity contribution in [2.45, 2.75) is 13.0 Å². The van der Waals surface area contributed by atoms with Crippen molar-refractivity contribution in [1.29, 1.82) is 0 Å². The van der Waals surface area contributed by atoms with E-state index in [-0.39, 0.29) is 12.0 Å². The van der Waals surface area contributed by atoms with Crippen molar-refractivity contribution in [2.24, 2.45) is 0 Å². The lowest BCUT2D eigenvalue weighted by atomic mass is 10.1. The first-order chi connectivity index (χ1) is 11.2. The van der Waals surface area contributed by atoms with Gasteiger partial charge in [0.15, 0.2) is 0 Å². The van der Waals surface area contributed by atoms with Crippen molar-refractivity contribution in [3.63, 3.8) is 0 Å². The lowest BCUT2D eigenvalue weighted by Gasteiger charge is -2.14. The molecule has 0 aliphatic heterocycles. The SMILES string of the molecule is C[C@@H](Oc1ccc(C(=O)Nc2cn[nH]c2)cn1)c1ccccc1. The number of aromatic amines is 1. The Morgan fingerprint density at radius 1 is 1.17 bits per heavy atom. The van der Waals surface area contributed by atoms with Gasteiger partial charge < -0.3 is 10.1 Å². The molecule has 116 valence electrons. The molecular formula is C17H16N4O2. The van der Waals surface area contributed by atoms with Gasteiger partial charge in [-0.3, -0.25) is 9.89 Å². The smallest absolute Gasteiger partial charge is 0.257 e. The Kier molecular flexibility index (Phi) is 4.33. The number of H-pyrrole nitrogens is 1. The van der Waals surface area contributed by atoms with E-state index >= 15 is 0 Å². The van der Waals surface area contributed by atoms with Crippen molar-refractivity contribution in [3.05, 3.63) is 72.2 Å². The predicted octanol–water partition coefficient (Wildman–Crippen LogP) is 3.20. The molecule has 0 saturated heterocycles. The highest BCUT2D eigenvalue weighted by Crippen LogP contribution is 2.20. The molecule has 0 spiro atoms. The van der Waals surface area contributed by atoms with Gasteiger partial charge in [0.05, 0.1) is 17.4 Å². The predicted molar refractivity (Wildman–Crippen MR) is 86.3 cm³/mol. The van der Waals surface area contributed by atoms with Gasteiger partial charge in [-0.05, 0) is 18.6 Å². The summed E-state index contributed by atoms with van der Waals surface area (Å²) in [7, 11) is 0.